The molecule has 88 valence electrons. The van der Waals surface area contributed by atoms with Crippen LogP contribution in [-0.2, 0) is 4.79 Å². The van der Waals surface area contributed by atoms with Crippen LogP contribution >= 0.6 is 15.9 Å². The molecular weight excluding hydrogens is 278 g/mol. The minimum absolute atomic E-state index is 0.183. The lowest BCUT2D eigenvalue weighted by Crippen LogP contribution is -2.40. The summed E-state index contributed by atoms with van der Waals surface area (Å²) in [5.41, 5.74) is 0.335. The predicted octanol–water partition coefficient (Wildman–Crippen LogP) is 1.98. The van der Waals surface area contributed by atoms with E-state index in [1.165, 1.54) is 17.2 Å². The molecule has 1 aromatic rings. The highest BCUT2D eigenvalue weighted by molar-refractivity contribution is 9.10. The Kier molecular flexibility index (Phi) is 4.12. The van der Waals surface area contributed by atoms with Crippen LogP contribution in [-0.4, -0.2) is 34.5 Å². The standard InChI is InChI=1S/C10H12BrNO4/c1-6(2)12(4-9(13)14)10(15)7-3-8(11)16-5-7/h3,5-6H,4H2,1-2H3,(H,13,14). The first-order valence-corrected chi connectivity index (χ1v) is 5.48. The largest absolute Gasteiger partial charge is 0.480 e. The molecule has 1 heterocycles. The number of nitrogens with zero attached hydrogens (tertiary/aromatic N) is 1. The number of carbonyl (C=O) groups is 2. The van der Waals surface area contributed by atoms with Gasteiger partial charge < -0.3 is 14.4 Å². The number of halogens is 1. The zero-order chi connectivity index (χ0) is 12.3. The third kappa shape index (κ3) is 3.10. The smallest absolute Gasteiger partial charge is 0.323 e. The summed E-state index contributed by atoms with van der Waals surface area (Å²) >= 11 is 3.08. The molecular formula is C10H12BrNO4. The van der Waals surface area contributed by atoms with E-state index in [0.29, 0.717) is 10.2 Å². The van der Waals surface area contributed by atoms with Crippen LogP contribution in [0.15, 0.2) is 21.4 Å². The van der Waals surface area contributed by atoms with Gasteiger partial charge in [-0.1, -0.05) is 0 Å². The molecule has 0 fully saturated rings. The number of rotatable bonds is 4. The van der Waals surface area contributed by atoms with Crippen molar-refractivity contribution in [3.63, 3.8) is 0 Å². The van der Waals surface area contributed by atoms with Gasteiger partial charge in [0.25, 0.3) is 5.91 Å². The Morgan fingerprint density at radius 2 is 2.19 bits per heavy atom. The number of carboxylic acids is 1. The molecule has 0 atom stereocenters. The first kappa shape index (κ1) is 12.8. The van der Waals surface area contributed by atoms with Crippen LogP contribution in [0.25, 0.3) is 0 Å². The molecule has 5 nitrogen and oxygen atoms in total. The highest BCUT2D eigenvalue weighted by Gasteiger charge is 2.22. The van der Waals surface area contributed by atoms with Gasteiger partial charge in [0.05, 0.1) is 5.56 Å². The van der Waals surface area contributed by atoms with Gasteiger partial charge in [-0.15, -0.1) is 0 Å². The molecule has 0 aliphatic rings. The van der Waals surface area contributed by atoms with Gasteiger partial charge in [-0.3, -0.25) is 9.59 Å². The van der Waals surface area contributed by atoms with Gasteiger partial charge >= 0.3 is 5.97 Å². The normalized spacial score (nSPS) is 10.5. The molecule has 0 spiro atoms. The lowest BCUT2D eigenvalue weighted by molar-refractivity contribution is -0.138. The molecule has 16 heavy (non-hydrogen) atoms. The zero-order valence-electron chi connectivity index (χ0n) is 8.94. The van der Waals surface area contributed by atoms with Gasteiger partial charge in [0, 0.05) is 12.1 Å². The van der Waals surface area contributed by atoms with Crippen molar-refractivity contribution in [2.75, 3.05) is 6.54 Å². The zero-order valence-corrected chi connectivity index (χ0v) is 10.5. The van der Waals surface area contributed by atoms with Crippen LogP contribution in [0.3, 0.4) is 0 Å². The molecule has 1 amide bonds. The fourth-order valence-corrected chi connectivity index (χ4v) is 1.56. The third-order valence-corrected chi connectivity index (χ3v) is 2.42. The van der Waals surface area contributed by atoms with E-state index in [1.54, 1.807) is 13.8 Å². The van der Waals surface area contributed by atoms with E-state index in [0.717, 1.165) is 0 Å². The minimum Gasteiger partial charge on any atom is -0.480 e. The van der Waals surface area contributed by atoms with Crippen molar-refractivity contribution in [3.05, 3.63) is 22.6 Å². The Morgan fingerprint density at radius 1 is 1.56 bits per heavy atom. The topological polar surface area (TPSA) is 70.8 Å². The van der Waals surface area contributed by atoms with Crippen molar-refractivity contribution in [1.82, 2.24) is 4.90 Å². The molecule has 0 saturated carbocycles. The molecule has 6 heteroatoms. The number of carbonyl (C=O) groups excluding carboxylic acids is 1. The van der Waals surface area contributed by atoms with E-state index in [2.05, 4.69) is 15.9 Å². The van der Waals surface area contributed by atoms with Crippen molar-refractivity contribution >= 4 is 27.8 Å². The van der Waals surface area contributed by atoms with Crippen molar-refractivity contribution in [3.8, 4) is 0 Å². The second-order valence-corrected chi connectivity index (χ2v) is 4.34. The van der Waals surface area contributed by atoms with Crippen molar-refractivity contribution in [1.29, 1.82) is 0 Å². The van der Waals surface area contributed by atoms with Gasteiger partial charge in [-0.2, -0.15) is 0 Å². The second-order valence-electron chi connectivity index (χ2n) is 3.56. The maximum Gasteiger partial charge on any atom is 0.323 e. The Balaban J connectivity index is 2.87. The molecule has 0 saturated heterocycles. The Bertz CT molecular complexity index is 399. The van der Waals surface area contributed by atoms with Gasteiger partial charge in [0.1, 0.15) is 12.8 Å². The van der Waals surface area contributed by atoms with Gasteiger partial charge in [-0.05, 0) is 29.8 Å². The van der Waals surface area contributed by atoms with Gasteiger partial charge in [0.15, 0.2) is 4.67 Å². The van der Waals surface area contributed by atoms with Crippen LogP contribution in [0.5, 0.6) is 0 Å². The molecule has 1 aromatic heterocycles. The number of hydrogen-bond acceptors (Lipinski definition) is 3. The maximum absolute atomic E-state index is 11.9. The molecule has 0 aliphatic heterocycles. The molecule has 0 aromatic carbocycles. The van der Waals surface area contributed by atoms with Crippen LogP contribution in [0.2, 0.25) is 0 Å². The first-order valence-electron chi connectivity index (χ1n) is 4.68. The summed E-state index contributed by atoms with van der Waals surface area (Å²) in [4.78, 5) is 23.8. The van der Waals surface area contributed by atoms with E-state index in [-0.39, 0.29) is 18.5 Å². The summed E-state index contributed by atoms with van der Waals surface area (Å²) in [6.07, 6.45) is 1.30. The second kappa shape index (κ2) is 5.16. The molecule has 0 aliphatic carbocycles. The van der Waals surface area contributed by atoms with E-state index in [9.17, 15) is 9.59 Å². The molecule has 0 bridgehead atoms. The number of hydrogen-bond donors (Lipinski definition) is 1. The molecule has 0 radical (unpaired) electrons. The average molecular weight is 290 g/mol. The number of aliphatic carboxylic acids is 1. The van der Waals surface area contributed by atoms with Crippen molar-refractivity contribution in [2.24, 2.45) is 0 Å². The maximum atomic E-state index is 11.9. The van der Waals surface area contributed by atoms with E-state index < -0.39 is 5.97 Å². The highest BCUT2D eigenvalue weighted by atomic mass is 79.9. The van der Waals surface area contributed by atoms with Gasteiger partial charge in [-0.25, -0.2) is 0 Å². The van der Waals surface area contributed by atoms with Crippen LogP contribution in [0.4, 0.5) is 0 Å². The Hall–Kier alpha value is -1.30. The molecule has 1 rings (SSSR count). The summed E-state index contributed by atoms with van der Waals surface area (Å²) in [5.74, 6) is -1.39. The SMILES string of the molecule is CC(C)N(CC(=O)O)C(=O)c1coc(Br)c1. The number of carboxylic acid groups (broad SMARTS) is 1. The van der Waals surface area contributed by atoms with Gasteiger partial charge in [0.2, 0.25) is 0 Å². The first-order chi connectivity index (χ1) is 7.41. The summed E-state index contributed by atoms with van der Waals surface area (Å²) < 4.78 is 5.38. The summed E-state index contributed by atoms with van der Waals surface area (Å²) in [6.45, 7) is 3.20. The highest BCUT2D eigenvalue weighted by Crippen LogP contribution is 2.16. The monoisotopic (exact) mass is 289 g/mol. The van der Waals surface area contributed by atoms with E-state index >= 15 is 0 Å². The summed E-state index contributed by atoms with van der Waals surface area (Å²) in [6, 6.07) is 1.33. The Labute approximate surface area is 101 Å². The lowest BCUT2D eigenvalue weighted by Gasteiger charge is -2.24. The van der Waals surface area contributed by atoms with E-state index in [4.69, 9.17) is 9.52 Å². The minimum atomic E-state index is -1.04. The van der Waals surface area contributed by atoms with E-state index in [1.807, 2.05) is 0 Å². The molecule has 1 N–H and O–H groups in total. The Morgan fingerprint density at radius 3 is 2.56 bits per heavy atom. The van der Waals surface area contributed by atoms with Crippen LogP contribution < -0.4 is 0 Å². The number of amides is 1. The quantitative estimate of drug-likeness (QED) is 0.920. The van der Waals surface area contributed by atoms with Crippen LogP contribution in [0.1, 0.15) is 24.2 Å². The third-order valence-electron chi connectivity index (χ3n) is 2.00. The average Bonchev–Trinajstić information content (AvgIpc) is 2.59. The van der Waals surface area contributed by atoms with Crippen molar-refractivity contribution < 1.29 is 19.1 Å². The lowest BCUT2D eigenvalue weighted by atomic mass is 10.2. The fraction of sp³-hybridized carbons (Fsp3) is 0.400. The predicted molar refractivity (Wildman–Crippen MR) is 60.2 cm³/mol. The fourth-order valence-electron chi connectivity index (χ4n) is 1.22. The molecule has 0 unspecified atom stereocenters. The summed E-state index contributed by atoms with van der Waals surface area (Å²) in [5, 5.41) is 8.71. The van der Waals surface area contributed by atoms with Crippen LogP contribution in [0, 0.1) is 0 Å². The van der Waals surface area contributed by atoms with Crippen molar-refractivity contribution in [2.45, 2.75) is 19.9 Å². The number of furan rings is 1. The summed E-state index contributed by atoms with van der Waals surface area (Å²) in [7, 11) is 0.